The number of nitrogens with one attached hydrogen (secondary N) is 1. The number of carbonyl (C=O) groups is 1. The minimum atomic E-state index is -0.514. The summed E-state index contributed by atoms with van der Waals surface area (Å²) in [5, 5.41) is 4.49. The number of imidazole rings is 1. The van der Waals surface area contributed by atoms with Gasteiger partial charge in [0.25, 0.3) is 0 Å². The molecule has 13 heavy (non-hydrogen) atoms. The zero-order chi connectivity index (χ0) is 9.26. The third kappa shape index (κ3) is 1.48. The van der Waals surface area contributed by atoms with E-state index in [-0.39, 0.29) is 0 Å². The van der Waals surface area contributed by atoms with Crippen molar-refractivity contribution in [3.63, 3.8) is 0 Å². The van der Waals surface area contributed by atoms with Gasteiger partial charge in [0.1, 0.15) is 11.2 Å². The number of nitrogens with two attached hydrogens (primary N) is 1. The maximum absolute atomic E-state index is 10.5. The molecule has 2 aromatic rings. The normalized spacial score (nSPS) is 10.5. The van der Waals surface area contributed by atoms with Gasteiger partial charge in [0, 0.05) is 5.38 Å². The lowest BCUT2D eigenvalue weighted by atomic mass is 10.5. The third-order valence-electron chi connectivity index (χ3n) is 1.67. The van der Waals surface area contributed by atoms with E-state index in [9.17, 15) is 4.79 Å². The Balaban J connectivity index is 2.23. The minimum Gasteiger partial charge on any atom is -0.352 e. The summed E-state index contributed by atoms with van der Waals surface area (Å²) < 4.78 is 1.92. The van der Waals surface area contributed by atoms with Crippen molar-refractivity contribution in [3.8, 4) is 0 Å². The van der Waals surface area contributed by atoms with Gasteiger partial charge in [-0.1, -0.05) is 0 Å². The third-order valence-corrected chi connectivity index (χ3v) is 2.61. The number of hydrogen-bond acceptors (Lipinski definition) is 3. The fourth-order valence-corrected chi connectivity index (χ4v) is 1.93. The number of carbonyl (C=O) groups excluding carboxylic acids is 1. The molecule has 6 heteroatoms. The summed E-state index contributed by atoms with van der Waals surface area (Å²) in [5.74, 6) is 0. The van der Waals surface area contributed by atoms with Crippen LogP contribution in [0.4, 0.5) is 4.79 Å². The van der Waals surface area contributed by atoms with Crippen LogP contribution in [0.15, 0.2) is 17.9 Å². The zero-order valence-electron chi connectivity index (χ0n) is 6.73. The highest BCUT2D eigenvalue weighted by molar-refractivity contribution is 7.15. The second kappa shape index (κ2) is 3.06. The molecule has 0 aliphatic rings. The number of hydrogen-bond donors (Lipinski definition) is 2. The summed E-state index contributed by atoms with van der Waals surface area (Å²) >= 11 is 1.58. The molecular formula is C7H8N4OS. The summed E-state index contributed by atoms with van der Waals surface area (Å²) in [4.78, 5) is 15.5. The molecule has 0 bridgehead atoms. The number of rotatable bonds is 2. The molecule has 5 nitrogen and oxygen atoms in total. The fraction of sp³-hybridized carbons (Fsp3) is 0.143. The van der Waals surface area contributed by atoms with E-state index < -0.39 is 6.03 Å². The van der Waals surface area contributed by atoms with Gasteiger partial charge in [0.15, 0.2) is 0 Å². The van der Waals surface area contributed by atoms with E-state index in [1.807, 2.05) is 9.78 Å². The van der Waals surface area contributed by atoms with Crippen LogP contribution in [0.2, 0.25) is 0 Å². The van der Waals surface area contributed by atoms with Crippen LogP contribution in [0.1, 0.15) is 5.69 Å². The van der Waals surface area contributed by atoms with Gasteiger partial charge in [0.05, 0.1) is 18.4 Å². The van der Waals surface area contributed by atoms with Gasteiger partial charge < -0.3 is 11.1 Å². The maximum atomic E-state index is 10.5. The van der Waals surface area contributed by atoms with Gasteiger partial charge in [-0.05, 0) is 0 Å². The van der Waals surface area contributed by atoms with Crippen molar-refractivity contribution in [2.75, 3.05) is 0 Å². The molecule has 68 valence electrons. The van der Waals surface area contributed by atoms with Gasteiger partial charge in [-0.15, -0.1) is 11.3 Å². The van der Waals surface area contributed by atoms with E-state index in [1.165, 1.54) is 0 Å². The topological polar surface area (TPSA) is 72.4 Å². The van der Waals surface area contributed by atoms with Crippen LogP contribution in [0.25, 0.3) is 4.83 Å². The fourth-order valence-electron chi connectivity index (χ4n) is 1.08. The largest absolute Gasteiger partial charge is 0.352 e. The predicted octanol–water partition coefficient (Wildman–Crippen LogP) is 0.564. The average molecular weight is 196 g/mol. The summed E-state index contributed by atoms with van der Waals surface area (Å²) in [6.07, 6.45) is 3.49. The number of thiazole rings is 1. The number of amides is 2. The van der Waals surface area contributed by atoms with Gasteiger partial charge in [-0.2, -0.15) is 0 Å². The van der Waals surface area contributed by atoms with Gasteiger partial charge >= 0.3 is 6.03 Å². The molecule has 0 unspecified atom stereocenters. The maximum Gasteiger partial charge on any atom is 0.312 e. The Bertz CT molecular complexity index is 432. The molecule has 0 aliphatic carbocycles. The standard InChI is InChI=1S/C7H8N4OS/c8-7(12)10-1-5-3-13-6-2-9-4-11(5)6/h2-4H,1H2,(H3,8,10,12). The second-order valence-corrected chi connectivity index (χ2v) is 3.44. The lowest BCUT2D eigenvalue weighted by Crippen LogP contribution is -2.28. The Hall–Kier alpha value is -1.56. The molecule has 0 aliphatic heterocycles. The first kappa shape index (κ1) is 8.06. The molecule has 0 saturated heterocycles. The first-order valence-corrected chi connectivity index (χ1v) is 4.57. The lowest BCUT2D eigenvalue weighted by Gasteiger charge is -1.98. The Labute approximate surface area is 78.2 Å². The highest BCUT2D eigenvalue weighted by atomic mass is 32.1. The average Bonchev–Trinajstić information content (AvgIpc) is 2.60. The van der Waals surface area contributed by atoms with Crippen LogP contribution in [0, 0.1) is 0 Å². The molecule has 0 atom stereocenters. The van der Waals surface area contributed by atoms with Crippen molar-refractivity contribution in [1.29, 1.82) is 0 Å². The van der Waals surface area contributed by atoms with E-state index in [2.05, 4.69) is 10.3 Å². The van der Waals surface area contributed by atoms with Gasteiger partial charge in [-0.25, -0.2) is 9.78 Å². The van der Waals surface area contributed by atoms with E-state index in [0.717, 1.165) is 10.5 Å². The van der Waals surface area contributed by atoms with E-state index in [4.69, 9.17) is 5.73 Å². The van der Waals surface area contributed by atoms with Crippen molar-refractivity contribution in [1.82, 2.24) is 14.7 Å². The summed E-state index contributed by atoms with van der Waals surface area (Å²) in [7, 11) is 0. The molecule has 0 spiro atoms. The summed E-state index contributed by atoms with van der Waals surface area (Å²) in [6, 6.07) is -0.514. The minimum absolute atomic E-state index is 0.436. The van der Waals surface area contributed by atoms with Gasteiger partial charge in [0.2, 0.25) is 0 Å². The highest BCUT2D eigenvalue weighted by Crippen LogP contribution is 2.14. The Morgan fingerprint density at radius 2 is 2.62 bits per heavy atom. The van der Waals surface area contributed by atoms with Crippen LogP contribution in [0.5, 0.6) is 0 Å². The van der Waals surface area contributed by atoms with Crippen molar-refractivity contribution in [2.45, 2.75) is 6.54 Å². The first-order chi connectivity index (χ1) is 6.27. The Morgan fingerprint density at radius 3 is 3.38 bits per heavy atom. The van der Waals surface area contributed by atoms with Crippen LogP contribution in [-0.2, 0) is 6.54 Å². The number of fused-ring (bicyclic) bond motifs is 1. The number of primary amides is 1. The molecule has 0 radical (unpaired) electrons. The smallest absolute Gasteiger partial charge is 0.312 e. The predicted molar refractivity (Wildman–Crippen MR) is 49.5 cm³/mol. The van der Waals surface area contributed by atoms with Crippen LogP contribution >= 0.6 is 11.3 Å². The molecule has 2 rings (SSSR count). The number of aromatic nitrogens is 2. The molecule has 2 heterocycles. The molecule has 3 N–H and O–H groups in total. The second-order valence-electron chi connectivity index (χ2n) is 2.55. The first-order valence-electron chi connectivity index (χ1n) is 3.69. The highest BCUT2D eigenvalue weighted by Gasteiger charge is 2.03. The summed E-state index contributed by atoms with van der Waals surface area (Å²) in [5.41, 5.74) is 5.94. The molecule has 0 aromatic carbocycles. The van der Waals surface area contributed by atoms with Crippen molar-refractivity contribution < 1.29 is 4.79 Å². The van der Waals surface area contributed by atoms with Crippen molar-refractivity contribution in [3.05, 3.63) is 23.6 Å². The molecule has 2 aromatic heterocycles. The summed E-state index contributed by atoms with van der Waals surface area (Å²) in [6.45, 7) is 0.436. The SMILES string of the molecule is NC(=O)NCc1csc2cncn12. The zero-order valence-corrected chi connectivity index (χ0v) is 7.54. The molecular weight excluding hydrogens is 188 g/mol. The van der Waals surface area contributed by atoms with E-state index in [1.54, 1.807) is 23.9 Å². The van der Waals surface area contributed by atoms with Gasteiger partial charge in [-0.3, -0.25) is 4.40 Å². The van der Waals surface area contributed by atoms with E-state index >= 15 is 0 Å². The quantitative estimate of drug-likeness (QED) is 0.736. The monoisotopic (exact) mass is 196 g/mol. The van der Waals surface area contributed by atoms with Crippen molar-refractivity contribution in [2.24, 2.45) is 5.73 Å². The van der Waals surface area contributed by atoms with Crippen LogP contribution in [0.3, 0.4) is 0 Å². The molecule has 0 fully saturated rings. The number of urea groups is 1. The number of nitrogens with zero attached hydrogens (tertiary/aromatic N) is 2. The lowest BCUT2D eigenvalue weighted by molar-refractivity contribution is 0.248. The Morgan fingerprint density at radius 1 is 1.77 bits per heavy atom. The van der Waals surface area contributed by atoms with Crippen LogP contribution < -0.4 is 11.1 Å². The van der Waals surface area contributed by atoms with E-state index in [0.29, 0.717) is 6.54 Å². The molecule has 2 amide bonds. The Kier molecular flexibility index (Phi) is 1.90. The molecule has 0 saturated carbocycles. The van der Waals surface area contributed by atoms with Crippen molar-refractivity contribution >= 4 is 22.2 Å². The van der Waals surface area contributed by atoms with Crippen LogP contribution in [-0.4, -0.2) is 15.4 Å².